The minimum atomic E-state index is 0.233. The van der Waals surface area contributed by atoms with Gasteiger partial charge in [0.05, 0.1) is 0 Å². The van der Waals surface area contributed by atoms with Crippen LogP contribution in [-0.2, 0) is 11.3 Å². The van der Waals surface area contributed by atoms with Crippen LogP contribution in [0.5, 0.6) is 11.8 Å². The smallest absolute Gasteiger partial charge is 0.321 e. The van der Waals surface area contributed by atoms with Crippen LogP contribution < -0.4 is 10.1 Å². The molecule has 6 nitrogen and oxygen atoms in total. The van der Waals surface area contributed by atoms with E-state index in [4.69, 9.17) is 4.74 Å². The van der Waals surface area contributed by atoms with Crippen LogP contribution in [0.2, 0.25) is 0 Å². The maximum Gasteiger partial charge on any atom is 0.321 e. The molecule has 1 aromatic carbocycles. The van der Waals surface area contributed by atoms with Crippen LogP contribution in [0, 0.1) is 11.3 Å². The number of carbonyl (C=O) groups is 1. The van der Waals surface area contributed by atoms with Crippen molar-refractivity contribution < 1.29 is 9.53 Å². The first-order valence-corrected chi connectivity index (χ1v) is 12.4. The highest BCUT2D eigenvalue weighted by Crippen LogP contribution is 2.59. The van der Waals surface area contributed by atoms with Crippen molar-refractivity contribution in [3.63, 3.8) is 0 Å². The van der Waals surface area contributed by atoms with E-state index in [0.717, 1.165) is 57.6 Å². The molecule has 2 heterocycles. The zero-order valence-electron chi connectivity index (χ0n) is 19.3. The maximum absolute atomic E-state index is 12.7. The number of hydrogen-bond donors (Lipinski definition) is 1. The van der Waals surface area contributed by atoms with Crippen LogP contribution in [0.15, 0.2) is 54.4 Å². The number of aromatic nitrogens is 2. The Labute approximate surface area is 196 Å². The average molecular weight is 447 g/mol. The number of rotatable bonds is 8. The van der Waals surface area contributed by atoms with Crippen molar-refractivity contribution in [2.75, 3.05) is 19.6 Å². The lowest BCUT2D eigenvalue weighted by molar-refractivity contribution is -0.123. The van der Waals surface area contributed by atoms with Crippen LogP contribution in [0.25, 0.3) is 0 Å². The lowest BCUT2D eigenvalue weighted by Gasteiger charge is -2.32. The number of likely N-dealkylation sites (tertiary alicyclic amines) is 1. The zero-order chi connectivity index (χ0) is 22.5. The SMILES string of the molecule is O=C(NCCC1=CCCCC1)[C@H]1CC12CCN(Cc1ccc(Oc3ncccn3)cc1)CC2. The molecule has 0 bridgehead atoms. The van der Waals surface area contributed by atoms with Gasteiger partial charge in [-0.3, -0.25) is 9.69 Å². The van der Waals surface area contributed by atoms with Crippen molar-refractivity contribution in [1.29, 1.82) is 0 Å². The molecule has 1 saturated heterocycles. The molecule has 3 aliphatic rings. The third-order valence-electron chi connectivity index (χ3n) is 7.57. The minimum Gasteiger partial charge on any atom is -0.424 e. The van der Waals surface area contributed by atoms with Crippen molar-refractivity contribution in [3.05, 3.63) is 59.9 Å². The fourth-order valence-electron chi connectivity index (χ4n) is 5.39. The number of nitrogens with one attached hydrogen (secondary N) is 1. The molecular weight excluding hydrogens is 412 g/mol. The van der Waals surface area contributed by atoms with Gasteiger partial charge in [-0.2, -0.15) is 0 Å². The maximum atomic E-state index is 12.7. The summed E-state index contributed by atoms with van der Waals surface area (Å²) < 4.78 is 5.68. The molecule has 33 heavy (non-hydrogen) atoms. The van der Waals surface area contributed by atoms with Crippen LogP contribution in [0.4, 0.5) is 0 Å². The van der Waals surface area contributed by atoms with Crippen molar-refractivity contribution in [3.8, 4) is 11.8 Å². The highest BCUT2D eigenvalue weighted by molar-refractivity contribution is 5.82. The number of nitrogens with zero attached hydrogens (tertiary/aromatic N) is 3. The second kappa shape index (κ2) is 10.0. The monoisotopic (exact) mass is 446 g/mol. The summed E-state index contributed by atoms with van der Waals surface area (Å²) >= 11 is 0. The Balaban J connectivity index is 1.04. The highest BCUT2D eigenvalue weighted by atomic mass is 16.5. The van der Waals surface area contributed by atoms with E-state index in [1.165, 1.54) is 36.8 Å². The van der Waals surface area contributed by atoms with E-state index < -0.39 is 0 Å². The molecule has 1 amide bonds. The predicted octanol–water partition coefficient (Wildman–Crippen LogP) is 4.88. The number of ether oxygens (including phenoxy) is 1. The average Bonchev–Trinajstić information content (AvgIpc) is 3.57. The van der Waals surface area contributed by atoms with Gasteiger partial charge in [-0.05, 0) is 93.6 Å². The number of amides is 1. The van der Waals surface area contributed by atoms with Gasteiger partial charge >= 0.3 is 6.01 Å². The molecule has 0 radical (unpaired) electrons. The lowest BCUT2D eigenvalue weighted by atomic mass is 9.90. The molecule has 1 aromatic heterocycles. The molecule has 0 unspecified atom stereocenters. The van der Waals surface area contributed by atoms with Gasteiger partial charge < -0.3 is 10.1 Å². The summed E-state index contributed by atoms with van der Waals surface area (Å²) in [4.78, 5) is 23.4. The van der Waals surface area contributed by atoms with Crippen LogP contribution in [0.3, 0.4) is 0 Å². The van der Waals surface area contributed by atoms with Crippen molar-refractivity contribution in [2.45, 2.75) is 57.9 Å². The third-order valence-corrected chi connectivity index (χ3v) is 7.57. The van der Waals surface area contributed by atoms with Crippen LogP contribution in [-0.4, -0.2) is 40.4 Å². The van der Waals surface area contributed by atoms with Gasteiger partial charge in [0.1, 0.15) is 5.75 Å². The minimum absolute atomic E-state index is 0.233. The summed E-state index contributed by atoms with van der Waals surface area (Å²) in [7, 11) is 0. The molecule has 1 atom stereocenters. The quantitative estimate of drug-likeness (QED) is 0.586. The summed E-state index contributed by atoms with van der Waals surface area (Å²) in [5, 5.41) is 3.22. The Morgan fingerprint density at radius 1 is 1.12 bits per heavy atom. The Kier molecular flexibility index (Phi) is 6.72. The predicted molar refractivity (Wildman–Crippen MR) is 128 cm³/mol. The molecule has 2 aliphatic carbocycles. The summed E-state index contributed by atoms with van der Waals surface area (Å²) in [6.07, 6.45) is 15.1. The Morgan fingerprint density at radius 3 is 2.64 bits per heavy atom. The number of piperidine rings is 1. The fraction of sp³-hybridized carbons (Fsp3) is 0.519. The number of allylic oxidation sites excluding steroid dienone is 1. The molecule has 6 heteroatoms. The Bertz CT molecular complexity index is 965. The number of benzene rings is 1. The van der Waals surface area contributed by atoms with Gasteiger partial charge in [-0.15, -0.1) is 0 Å². The van der Waals surface area contributed by atoms with E-state index in [-0.39, 0.29) is 17.2 Å². The fourth-order valence-corrected chi connectivity index (χ4v) is 5.39. The molecule has 2 fully saturated rings. The van der Waals surface area contributed by atoms with E-state index in [1.54, 1.807) is 18.5 Å². The van der Waals surface area contributed by atoms with Crippen LogP contribution in [0.1, 0.15) is 56.9 Å². The summed E-state index contributed by atoms with van der Waals surface area (Å²) in [6.45, 7) is 3.86. The van der Waals surface area contributed by atoms with Crippen LogP contribution >= 0.6 is 0 Å². The van der Waals surface area contributed by atoms with Crippen molar-refractivity contribution in [2.24, 2.45) is 11.3 Å². The van der Waals surface area contributed by atoms with E-state index in [1.807, 2.05) is 12.1 Å². The molecular formula is C27H34N4O2. The van der Waals surface area contributed by atoms with Gasteiger partial charge in [0, 0.05) is 31.4 Å². The second-order valence-electron chi connectivity index (χ2n) is 9.82. The first kappa shape index (κ1) is 22.1. The lowest BCUT2D eigenvalue weighted by Crippen LogP contribution is -2.37. The summed E-state index contributed by atoms with van der Waals surface area (Å²) in [6, 6.07) is 10.3. The number of carbonyl (C=O) groups excluding carboxylic acids is 1. The molecule has 1 aliphatic heterocycles. The summed E-state index contributed by atoms with van der Waals surface area (Å²) in [5.74, 6) is 1.27. The van der Waals surface area contributed by atoms with Gasteiger partial charge in [-0.25, -0.2) is 9.97 Å². The standard InChI is InChI=1S/C27H34N4O2/c32-25(28-16-11-21-5-2-1-3-6-21)24-19-27(24)12-17-31(18-13-27)20-22-7-9-23(10-8-22)33-26-29-14-4-15-30-26/h4-5,7-10,14-15,24H,1-3,6,11-13,16-20H2,(H,28,32)/t24-/m1/s1. The van der Waals surface area contributed by atoms with Gasteiger partial charge in [0.25, 0.3) is 0 Å². The second-order valence-corrected chi connectivity index (χ2v) is 9.82. The van der Waals surface area contributed by atoms with E-state index in [2.05, 4.69) is 38.4 Å². The largest absolute Gasteiger partial charge is 0.424 e. The van der Waals surface area contributed by atoms with Gasteiger partial charge in [0.2, 0.25) is 5.91 Å². The number of hydrogen-bond acceptors (Lipinski definition) is 5. The zero-order valence-corrected chi connectivity index (χ0v) is 19.3. The molecule has 2 aromatic rings. The molecule has 1 N–H and O–H groups in total. The molecule has 1 spiro atoms. The molecule has 174 valence electrons. The molecule has 1 saturated carbocycles. The molecule has 5 rings (SSSR count). The van der Waals surface area contributed by atoms with E-state index in [0.29, 0.717) is 6.01 Å². The van der Waals surface area contributed by atoms with Crippen molar-refractivity contribution in [1.82, 2.24) is 20.2 Å². The van der Waals surface area contributed by atoms with Crippen molar-refractivity contribution >= 4 is 5.91 Å². The van der Waals surface area contributed by atoms with Gasteiger partial charge in [0.15, 0.2) is 0 Å². The summed E-state index contributed by atoms with van der Waals surface area (Å²) in [5.41, 5.74) is 3.07. The third kappa shape index (κ3) is 5.61. The topological polar surface area (TPSA) is 67.4 Å². The normalized spacial score (nSPS) is 21.9. The van der Waals surface area contributed by atoms with E-state index in [9.17, 15) is 4.79 Å². The Hall–Kier alpha value is -2.73. The highest BCUT2D eigenvalue weighted by Gasteiger charge is 2.58. The Morgan fingerprint density at radius 2 is 1.91 bits per heavy atom. The first-order chi connectivity index (χ1) is 16.2. The first-order valence-electron chi connectivity index (χ1n) is 12.4. The van der Waals surface area contributed by atoms with Gasteiger partial charge in [-0.1, -0.05) is 23.8 Å². The van der Waals surface area contributed by atoms with E-state index >= 15 is 0 Å².